The van der Waals surface area contributed by atoms with Gasteiger partial charge in [0, 0.05) is 6.04 Å². The van der Waals surface area contributed by atoms with E-state index in [2.05, 4.69) is 10.3 Å². The van der Waals surface area contributed by atoms with E-state index in [1.807, 2.05) is 13.0 Å². The third kappa shape index (κ3) is 2.52. The van der Waals surface area contributed by atoms with E-state index in [0.29, 0.717) is 18.5 Å². The van der Waals surface area contributed by atoms with Crippen LogP contribution in [0.3, 0.4) is 0 Å². The van der Waals surface area contributed by atoms with Crippen LogP contribution in [0.5, 0.6) is 0 Å². The Balaban J connectivity index is 1.84. The number of aliphatic imine (C=N–C) groups is 1. The van der Waals surface area contributed by atoms with E-state index in [-0.39, 0.29) is 0 Å². The van der Waals surface area contributed by atoms with Gasteiger partial charge in [-0.3, -0.25) is 0 Å². The molecule has 0 amide bonds. The van der Waals surface area contributed by atoms with Crippen molar-refractivity contribution in [2.75, 3.05) is 0 Å². The maximum absolute atomic E-state index is 5.75. The van der Waals surface area contributed by atoms with Crippen molar-refractivity contribution in [1.82, 2.24) is 5.32 Å². The summed E-state index contributed by atoms with van der Waals surface area (Å²) in [4.78, 5) is 4.24. The van der Waals surface area contributed by atoms with E-state index in [1.165, 1.54) is 19.3 Å². The van der Waals surface area contributed by atoms with Crippen LogP contribution in [0.25, 0.3) is 0 Å². The summed E-state index contributed by atoms with van der Waals surface area (Å²) in [6, 6.07) is 2.46. The van der Waals surface area contributed by atoms with Crippen LogP contribution in [0, 0.1) is 6.92 Å². The molecule has 4 heteroatoms. The first kappa shape index (κ1) is 10.1. The van der Waals surface area contributed by atoms with Crippen molar-refractivity contribution in [3.05, 3.63) is 23.7 Å². The molecule has 0 unspecified atom stereocenters. The number of nitrogens with one attached hydrogen (secondary N) is 1. The van der Waals surface area contributed by atoms with Crippen molar-refractivity contribution in [2.45, 2.75) is 38.8 Å². The number of guanidine groups is 1. The van der Waals surface area contributed by atoms with Crippen LogP contribution in [0.4, 0.5) is 0 Å². The molecule has 0 spiro atoms. The average Bonchev–Trinajstić information content (AvgIpc) is 2.55. The number of hydrogen-bond donors (Lipinski definition) is 2. The first-order chi connectivity index (χ1) is 7.25. The van der Waals surface area contributed by atoms with E-state index in [4.69, 9.17) is 10.2 Å². The van der Waals surface area contributed by atoms with Gasteiger partial charge in [0.1, 0.15) is 12.3 Å². The molecule has 0 radical (unpaired) electrons. The molecule has 1 aromatic rings. The first-order valence-corrected chi connectivity index (χ1v) is 5.35. The van der Waals surface area contributed by atoms with Gasteiger partial charge < -0.3 is 15.5 Å². The fourth-order valence-electron chi connectivity index (χ4n) is 1.53. The SMILES string of the molecule is Cc1ccoc1CN=C(N)NC1CCC1. The molecule has 1 aliphatic carbocycles. The second-order valence-corrected chi connectivity index (χ2v) is 4.00. The van der Waals surface area contributed by atoms with E-state index in [0.717, 1.165) is 11.3 Å². The summed E-state index contributed by atoms with van der Waals surface area (Å²) in [5, 5.41) is 3.18. The Kier molecular flexibility index (Phi) is 2.94. The van der Waals surface area contributed by atoms with Crippen LogP contribution < -0.4 is 11.1 Å². The highest BCUT2D eigenvalue weighted by atomic mass is 16.3. The van der Waals surface area contributed by atoms with Gasteiger partial charge in [0.2, 0.25) is 0 Å². The number of hydrogen-bond acceptors (Lipinski definition) is 2. The predicted octanol–water partition coefficient (Wildman–Crippen LogP) is 1.54. The summed E-state index contributed by atoms with van der Waals surface area (Å²) in [6.45, 7) is 2.52. The van der Waals surface area contributed by atoms with Crippen molar-refractivity contribution in [3.8, 4) is 0 Å². The maximum Gasteiger partial charge on any atom is 0.189 e. The molecule has 0 atom stereocenters. The van der Waals surface area contributed by atoms with Gasteiger partial charge in [-0.15, -0.1) is 0 Å². The molecule has 1 fully saturated rings. The van der Waals surface area contributed by atoms with Crippen molar-refractivity contribution in [1.29, 1.82) is 0 Å². The van der Waals surface area contributed by atoms with Crippen LogP contribution in [0.1, 0.15) is 30.6 Å². The van der Waals surface area contributed by atoms with Crippen molar-refractivity contribution in [3.63, 3.8) is 0 Å². The number of aryl methyl sites for hydroxylation is 1. The third-order valence-corrected chi connectivity index (χ3v) is 2.82. The van der Waals surface area contributed by atoms with Crippen LogP contribution in [0.2, 0.25) is 0 Å². The quantitative estimate of drug-likeness (QED) is 0.583. The smallest absolute Gasteiger partial charge is 0.189 e. The Hall–Kier alpha value is -1.45. The lowest BCUT2D eigenvalue weighted by atomic mass is 9.93. The summed E-state index contributed by atoms with van der Waals surface area (Å²) in [6.07, 6.45) is 5.38. The van der Waals surface area contributed by atoms with E-state index < -0.39 is 0 Å². The van der Waals surface area contributed by atoms with Gasteiger partial charge in [-0.2, -0.15) is 0 Å². The highest BCUT2D eigenvalue weighted by Crippen LogP contribution is 2.17. The predicted molar refractivity (Wildman–Crippen MR) is 59.5 cm³/mol. The van der Waals surface area contributed by atoms with Gasteiger partial charge in [-0.1, -0.05) is 0 Å². The lowest BCUT2D eigenvalue weighted by Crippen LogP contribution is -2.43. The molecule has 0 aromatic carbocycles. The molecule has 0 aliphatic heterocycles. The molecule has 1 aromatic heterocycles. The highest BCUT2D eigenvalue weighted by molar-refractivity contribution is 5.78. The maximum atomic E-state index is 5.75. The standard InChI is InChI=1S/C11H17N3O/c1-8-5-6-15-10(8)7-13-11(12)14-9-3-2-4-9/h5-6,9H,2-4,7H2,1H3,(H3,12,13,14). The summed E-state index contributed by atoms with van der Waals surface area (Å²) in [5.41, 5.74) is 6.87. The van der Waals surface area contributed by atoms with E-state index in [9.17, 15) is 0 Å². The van der Waals surface area contributed by atoms with Crippen LogP contribution in [0.15, 0.2) is 21.7 Å². The van der Waals surface area contributed by atoms with Crippen molar-refractivity contribution >= 4 is 5.96 Å². The van der Waals surface area contributed by atoms with Crippen LogP contribution in [-0.4, -0.2) is 12.0 Å². The average molecular weight is 207 g/mol. The Labute approximate surface area is 89.6 Å². The monoisotopic (exact) mass is 207 g/mol. The zero-order chi connectivity index (χ0) is 10.7. The summed E-state index contributed by atoms with van der Waals surface area (Å²) in [5.74, 6) is 1.41. The topological polar surface area (TPSA) is 63.5 Å². The Bertz CT molecular complexity index is 352. The van der Waals surface area contributed by atoms with Crippen molar-refractivity contribution in [2.24, 2.45) is 10.7 Å². The number of nitrogens with zero attached hydrogens (tertiary/aromatic N) is 1. The molecule has 0 bridgehead atoms. The second kappa shape index (κ2) is 4.38. The van der Waals surface area contributed by atoms with Gasteiger partial charge in [-0.05, 0) is 37.8 Å². The molecular formula is C11H17N3O. The molecule has 1 saturated carbocycles. The molecule has 4 nitrogen and oxygen atoms in total. The second-order valence-electron chi connectivity index (χ2n) is 4.00. The molecular weight excluding hydrogens is 190 g/mol. The molecule has 2 rings (SSSR count). The van der Waals surface area contributed by atoms with Gasteiger partial charge in [0.25, 0.3) is 0 Å². The lowest BCUT2D eigenvalue weighted by Gasteiger charge is -2.26. The summed E-state index contributed by atoms with van der Waals surface area (Å²) in [7, 11) is 0. The fourth-order valence-corrected chi connectivity index (χ4v) is 1.53. The number of furan rings is 1. The minimum atomic E-state index is 0.518. The van der Waals surface area contributed by atoms with E-state index >= 15 is 0 Å². The molecule has 1 heterocycles. The molecule has 3 N–H and O–H groups in total. The Morgan fingerprint density at radius 3 is 3.00 bits per heavy atom. The molecule has 82 valence electrons. The number of nitrogens with two attached hydrogens (primary N) is 1. The normalized spacial score (nSPS) is 17.5. The van der Waals surface area contributed by atoms with Gasteiger partial charge in [0.15, 0.2) is 5.96 Å². The minimum Gasteiger partial charge on any atom is -0.467 e. The zero-order valence-electron chi connectivity index (χ0n) is 8.99. The van der Waals surface area contributed by atoms with E-state index in [1.54, 1.807) is 6.26 Å². The zero-order valence-corrected chi connectivity index (χ0v) is 8.99. The van der Waals surface area contributed by atoms with Gasteiger partial charge in [-0.25, -0.2) is 4.99 Å². The fraction of sp³-hybridized carbons (Fsp3) is 0.545. The van der Waals surface area contributed by atoms with Gasteiger partial charge >= 0.3 is 0 Å². The third-order valence-electron chi connectivity index (χ3n) is 2.82. The highest BCUT2D eigenvalue weighted by Gasteiger charge is 2.17. The van der Waals surface area contributed by atoms with Crippen LogP contribution in [-0.2, 0) is 6.54 Å². The van der Waals surface area contributed by atoms with Gasteiger partial charge in [0.05, 0.1) is 6.26 Å². The molecule has 0 saturated heterocycles. The van der Waals surface area contributed by atoms with Crippen molar-refractivity contribution < 1.29 is 4.42 Å². The Morgan fingerprint density at radius 2 is 2.47 bits per heavy atom. The van der Waals surface area contributed by atoms with Crippen LogP contribution >= 0.6 is 0 Å². The molecule has 1 aliphatic rings. The lowest BCUT2D eigenvalue weighted by molar-refractivity contribution is 0.382. The first-order valence-electron chi connectivity index (χ1n) is 5.35. The molecule has 15 heavy (non-hydrogen) atoms. The minimum absolute atomic E-state index is 0.518. The number of rotatable bonds is 3. The largest absolute Gasteiger partial charge is 0.467 e. The summed E-state index contributed by atoms with van der Waals surface area (Å²) >= 11 is 0. The Morgan fingerprint density at radius 1 is 1.67 bits per heavy atom. The summed E-state index contributed by atoms with van der Waals surface area (Å²) < 4.78 is 5.27.